The minimum Gasteiger partial charge on any atom is -0.469 e. The highest BCUT2D eigenvalue weighted by atomic mass is 16.7. The first-order valence-corrected chi connectivity index (χ1v) is 17.8. The molecule has 7 atom stereocenters. The second-order valence-electron chi connectivity index (χ2n) is 13.0. The number of carbonyl (C=O) groups excluding carboxylic acids is 2. The van der Waals surface area contributed by atoms with E-state index in [0.717, 1.165) is 57.8 Å². The number of carbonyl (C=O) groups is 2. The molecule has 0 radical (unpaired) electrons. The van der Waals surface area contributed by atoms with Gasteiger partial charge < -0.3 is 28.4 Å². The van der Waals surface area contributed by atoms with Gasteiger partial charge in [0.2, 0.25) is 0 Å². The van der Waals surface area contributed by atoms with E-state index in [2.05, 4.69) is 36.4 Å². The number of ether oxygens (including phenoxy) is 6. The van der Waals surface area contributed by atoms with Gasteiger partial charge in [0.05, 0.1) is 24.9 Å². The number of unbranched alkanes of at least 4 members (excludes halogenated alkanes) is 1. The van der Waals surface area contributed by atoms with Gasteiger partial charge in [-0.2, -0.15) is 0 Å². The summed E-state index contributed by atoms with van der Waals surface area (Å²) < 4.78 is 36.3. The maximum atomic E-state index is 13.4. The van der Waals surface area contributed by atoms with Gasteiger partial charge in [0, 0.05) is 38.4 Å². The van der Waals surface area contributed by atoms with E-state index in [4.69, 9.17) is 28.4 Å². The molecule has 8 nitrogen and oxygen atoms in total. The number of methoxy groups -OCH3 is 1. The van der Waals surface area contributed by atoms with Crippen molar-refractivity contribution in [3.05, 3.63) is 96.1 Å². The Balaban J connectivity index is 1.39. The first kappa shape index (κ1) is 36.0. The quantitative estimate of drug-likeness (QED) is 0.103. The van der Waals surface area contributed by atoms with E-state index in [0.29, 0.717) is 38.0 Å². The summed E-state index contributed by atoms with van der Waals surface area (Å²) in [6, 6.07) is 19.5. The third-order valence-corrected chi connectivity index (χ3v) is 9.44. The van der Waals surface area contributed by atoms with Crippen LogP contribution in [0.15, 0.2) is 85.0 Å². The molecule has 260 valence electrons. The molecule has 2 aromatic rings. The standard InChI is InChI=1S/C40H52O8/c1-43-37(41)21-11-3-2-10-20-33-34(25-24-32(28-30-16-6-4-7-17-30)46-38-22-12-14-26-44-38)36(48-40(42)31-18-8-5-9-19-31)29-35(33)47-39-23-13-15-27-45-39/h2,4-10,16-19,24-25,32-36,38-39H,3,11-15,20-23,26-29H2,1H3/b10-2-,25-24+/t32-,33-,34-,35+,36-,38?,39?/m1/s1. The Hall–Kier alpha value is -3.30. The van der Waals surface area contributed by atoms with E-state index in [1.54, 1.807) is 12.1 Å². The average Bonchev–Trinajstić information content (AvgIpc) is 3.44. The first-order chi connectivity index (χ1) is 23.6. The van der Waals surface area contributed by atoms with Gasteiger partial charge in [-0.3, -0.25) is 4.79 Å². The van der Waals surface area contributed by atoms with Crippen molar-refractivity contribution in [3.63, 3.8) is 0 Å². The summed E-state index contributed by atoms with van der Waals surface area (Å²) in [5.74, 6) is -0.599. The second-order valence-corrected chi connectivity index (χ2v) is 13.0. The van der Waals surface area contributed by atoms with E-state index >= 15 is 0 Å². The van der Waals surface area contributed by atoms with Crippen LogP contribution in [0.4, 0.5) is 0 Å². The normalized spacial score (nSPS) is 26.9. The van der Waals surface area contributed by atoms with E-state index in [9.17, 15) is 9.59 Å². The van der Waals surface area contributed by atoms with Crippen LogP contribution in [0.2, 0.25) is 0 Å². The number of esters is 2. The number of rotatable bonds is 16. The lowest BCUT2D eigenvalue weighted by Gasteiger charge is -2.30. The van der Waals surface area contributed by atoms with Gasteiger partial charge in [0.25, 0.3) is 0 Å². The SMILES string of the molecule is COC(=O)CCC/C=C\C[C@@H]1[C@@H](/C=C/[C@H](Cc2ccccc2)OC2CCCCO2)[C@H](OC(=O)c2ccccc2)C[C@@H]1OC1CCCCO1. The highest BCUT2D eigenvalue weighted by molar-refractivity contribution is 5.89. The van der Waals surface area contributed by atoms with Gasteiger partial charge >= 0.3 is 11.9 Å². The highest BCUT2D eigenvalue weighted by Gasteiger charge is 2.45. The number of allylic oxidation sites excluding steroid dienone is 2. The van der Waals surface area contributed by atoms with E-state index < -0.39 is 0 Å². The predicted molar refractivity (Wildman–Crippen MR) is 183 cm³/mol. The van der Waals surface area contributed by atoms with Crippen LogP contribution in [0.1, 0.15) is 86.6 Å². The molecule has 0 aromatic heterocycles. The fourth-order valence-corrected chi connectivity index (χ4v) is 6.85. The molecule has 3 fully saturated rings. The summed E-state index contributed by atoms with van der Waals surface area (Å²) in [6.45, 7) is 1.41. The fraction of sp³-hybridized carbons (Fsp3) is 0.550. The van der Waals surface area contributed by atoms with Gasteiger partial charge in [0.15, 0.2) is 12.6 Å². The van der Waals surface area contributed by atoms with Crippen LogP contribution >= 0.6 is 0 Å². The molecule has 0 N–H and O–H groups in total. The molecule has 2 unspecified atom stereocenters. The summed E-state index contributed by atoms with van der Waals surface area (Å²) in [5.41, 5.74) is 1.71. The van der Waals surface area contributed by atoms with Gasteiger partial charge in [-0.05, 0) is 81.4 Å². The molecule has 1 aliphatic carbocycles. The van der Waals surface area contributed by atoms with E-state index in [-0.39, 0.29) is 54.7 Å². The van der Waals surface area contributed by atoms with Crippen molar-refractivity contribution in [2.45, 2.75) is 108 Å². The lowest BCUT2D eigenvalue weighted by molar-refractivity contribution is -0.195. The largest absolute Gasteiger partial charge is 0.469 e. The molecule has 8 heteroatoms. The first-order valence-electron chi connectivity index (χ1n) is 17.8. The second kappa shape index (κ2) is 19.6. The van der Waals surface area contributed by atoms with E-state index in [1.165, 1.54) is 12.7 Å². The molecule has 0 bridgehead atoms. The molecule has 0 amide bonds. The summed E-state index contributed by atoms with van der Waals surface area (Å²) in [7, 11) is 1.42. The molecule has 5 rings (SSSR count). The lowest BCUT2D eigenvalue weighted by atomic mass is 9.89. The Morgan fingerprint density at radius 1 is 0.875 bits per heavy atom. The van der Waals surface area contributed by atoms with E-state index in [1.807, 2.05) is 36.4 Å². The van der Waals surface area contributed by atoms with Crippen LogP contribution in [-0.4, -0.2) is 63.2 Å². The van der Waals surface area contributed by atoms with Crippen molar-refractivity contribution in [2.24, 2.45) is 11.8 Å². The lowest BCUT2D eigenvalue weighted by Crippen LogP contribution is -2.31. The van der Waals surface area contributed by atoms with Crippen molar-refractivity contribution >= 4 is 11.9 Å². The van der Waals surface area contributed by atoms with Crippen molar-refractivity contribution in [1.82, 2.24) is 0 Å². The van der Waals surface area contributed by atoms with Crippen LogP contribution in [0.3, 0.4) is 0 Å². The Morgan fingerprint density at radius 2 is 1.58 bits per heavy atom. The molecule has 0 spiro atoms. The summed E-state index contributed by atoms with van der Waals surface area (Å²) in [4.78, 5) is 25.0. The van der Waals surface area contributed by atoms with Crippen LogP contribution < -0.4 is 0 Å². The summed E-state index contributed by atoms with van der Waals surface area (Å²) >= 11 is 0. The molecule has 2 aromatic carbocycles. The molecule has 2 heterocycles. The summed E-state index contributed by atoms with van der Waals surface area (Å²) in [5, 5.41) is 0. The average molecular weight is 661 g/mol. The third-order valence-electron chi connectivity index (χ3n) is 9.44. The van der Waals surface area contributed by atoms with Crippen molar-refractivity contribution in [1.29, 1.82) is 0 Å². The predicted octanol–water partition coefficient (Wildman–Crippen LogP) is 7.76. The fourth-order valence-electron chi connectivity index (χ4n) is 6.85. The summed E-state index contributed by atoms with van der Waals surface area (Å²) in [6.07, 6.45) is 17.3. The van der Waals surface area contributed by atoms with Gasteiger partial charge in [-0.1, -0.05) is 72.8 Å². The Bertz CT molecular complexity index is 1280. The zero-order chi connectivity index (χ0) is 33.4. The topological polar surface area (TPSA) is 89.5 Å². The zero-order valence-corrected chi connectivity index (χ0v) is 28.3. The smallest absolute Gasteiger partial charge is 0.338 e. The van der Waals surface area contributed by atoms with Crippen LogP contribution in [0.25, 0.3) is 0 Å². The van der Waals surface area contributed by atoms with Gasteiger partial charge in [-0.25, -0.2) is 4.79 Å². The number of hydrogen-bond acceptors (Lipinski definition) is 8. The zero-order valence-electron chi connectivity index (χ0n) is 28.3. The van der Waals surface area contributed by atoms with Crippen LogP contribution in [-0.2, 0) is 39.6 Å². The molecule has 2 aliphatic heterocycles. The van der Waals surface area contributed by atoms with Crippen LogP contribution in [0, 0.1) is 11.8 Å². The number of benzene rings is 2. The minimum atomic E-state index is -0.386. The monoisotopic (exact) mass is 660 g/mol. The minimum absolute atomic E-state index is 0.0421. The molecular weight excluding hydrogens is 608 g/mol. The van der Waals surface area contributed by atoms with Crippen molar-refractivity contribution in [3.8, 4) is 0 Å². The highest BCUT2D eigenvalue weighted by Crippen LogP contribution is 2.41. The van der Waals surface area contributed by atoms with Crippen molar-refractivity contribution < 1.29 is 38.0 Å². The molecule has 1 saturated carbocycles. The molecule has 3 aliphatic rings. The van der Waals surface area contributed by atoms with Gasteiger partial charge in [0.1, 0.15) is 6.10 Å². The molecular formula is C40H52O8. The van der Waals surface area contributed by atoms with Crippen molar-refractivity contribution in [2.75, 3.05) is 20.3 Å². The maximum absolute atomic E-state index is 13.4. The molecule has 48 heavy (non-hydrogen) atoms. The maximum Gasteiger partial charge on any atom is 0.338 e. The Kier molecular flexibility index (Phi) is 14.7. The molecule has 2 saturated heterocycles. The Labute approximate surface area is 285 Å². The number of hydrogen-bond donors (Lipinski definition) is 0. The Morgan fingerprint density at radius 3 is 2.27 bits per heavy atom. The van der Waals surface area contributed by atoms with Crippen LogP contribution in [0.5, 0.6) is 0 Å². The third kappa shape index (κ3) is 11.4. The van der Waals surface area contributed by atoms with Gasteiger partial charge in [-0.15, -0.1) is 0 Å².